The highest BCUT2D eigenvalue weighted by molar-refractivity contribution is 5.78. The summed E-state index contributed by atoms with van der Waals surface area (Å²) < 4.78 is 5.42. The van der Waals surface area contributed by atoms with Gasteiger partial charge in [0.2, 0.25) is 5.91 Å². The minimum absolute atomic E-state index is 0.131. The van der Waals surface area contributed by atoms with Gasteiger partial charge in [0.25, 0.3) is 0 Å². The highest BCUT2D eigenvalue weighted by Crippen LogP contribution is 2.20. The van der Waals surface area contributed by atoms with E-state index in [1.807, 2.05) is 0 Å². The maximum Gasteiger partial charge on any atom is 0.223 e. The fraction of sp³-hybridized carbons (Fsp3) is 0.480. The Kier molecular flexibility index (Phi) is 7.03. The SMILES string of the molecule is Cc1ccc(CN2CCC(C(=O)NCc3ccc(N4CCOCC4)cc3)CC2)cc1. The molecule has 0 atom stereocenters. The molecule has 2 saturated heterocycles. The van der Waals surface area contributed by atoms with E-state index in [1.165, 1.54) is 16.8 Å². The Balaban J connectivity index is 1.20. The van der Waals surface area contributed by atoms with Gasteiger partial charge in [-0.1, -0.05) is 42.0 Å². The van der Waals surface area contributed by atoms with Crippen molar-refractivity contribution >= 4 is 11.6 Å². The van der Waals surface area contributed by atoms with Gasteiger partial charge >= 0.3 is 0 Å². The highest BCUT2D eigenvalue weighted by Gasteiger charge is 2.24. The normalized spacial score (nSPS) is 18.4. The largest absolute Gasteiger partial charge is 0.378 e. The lowest BCUT2D eigenvalue weighted by atomic mass is 9.95. The third kappa shape index (κ3) is 5.61. The number of hydrogen-bond donors (Lipinski definition) is 1. The van der Waals surface area contributed by atoms with Gasteiger partial charge in [0, 0.05) is 37.8 Å². The predicted molar refractivity (Wildman–Crippen MR) is 121 cm³/mol. The van der Waals surface area contributed by atoms with Gasteiger partial charge in [-0.05, 0) is 56.1 Å². The number of nitrogens with zero attached hydrogens (tertiary/aromatic N) is 2. The molecule has 5 heteroatoms. The van der Waals surface area contributed by atoms with Crippen LogP contribution in [0.15, 0.2) is 48.5 Å². The summed E-state index contributed by atoms with van der Waals surface area (Å²) in [5.74, 6) is 0.328. The van der Waals surface area contributed by atoms with E-state index in [-0.39, 0.29) is 11.8 Å². The molecule has 2 aromatic carbocycles. The van der Waals surface area contributed by atoms with Gasteiger partial charge < -0.3 is 15.0 Å². The van der Waals surface area contributed by atoms with Gasteiger partial charge in [0.1, 0.15) is 0 Å². The monoisotopic (exact) mass is 407 g/mol. The maximum absolute atomic E-state index is 12.6. The Morgan fingerprint density at radius 3 is 2.23 bits per heavy atom. The minimum atomic E-state index is 0.131. The van der Waals surface area contributed by atoms with Gasteiger partial charge in [-0.15, -0.1) is 0 Å². The van der Waals surface area contributed by atoms with Crippen molar-refractivity contribution in [2.24, 2.45) is 5.92 Å². The molecule has 2 aromatic rings. The van der Waals surface area contributed by atoms with Crippen molar-refractivity contribution < 1.29 is 9.53 Å². The summed E-state index contributed by atoms with van der Waals surface area (Å²) in [4.78, 5) is 17.4. The molecule has 5 nitrogen and oxygen atoms in total. The summed E-state index contributed by atoms with van der Waals surface area (Å²) in [5.41, 5.74) is 5.03. The molecule has 160 valence electrons. The second-order valence-corrected chi connectivity index (χ2v) is 8.52. The summed E-state index contributed by atoms with van der Waals surface area (Å²) in [6.45, 7) is 9.14. The fourth-order valence-corrected chi connectivity index (χ4v) is 4.28. The van der Waals surface area contributed by atoms with Crippen molar-refractivity contribution in [1.29, 1.82) is 0 Å². The van der Waals surface area contributed by atoms with Crippen LogP contribution in [0.2, 0.25) is 0 Å². The van der Waals surface area contributed by atoms with Crippen LogP contribution in [-0.4, -0.2) is 50.2 Å². The van der Waals surface area contributed by atoms with Crippen LogP contribution in [0.3, 0.4) is 0 Å². The Morgan fingerprint density at radius 1 is 0.933 bits per heavy atom. The number of benzene rings is 2. The molecule has 0 bridgehead atoms. The number of carbonyl (C=O) groups is 1. The number of rotatable bonds is 6. The van der Waals surface area contributed by atoms with Crippen LogP contribution in [0.4, 0.5) is 5.69 Å². The first-order chi connectivity index (χ1) is 14.7. The van der Waals surface area contributed by atoms with E-state index in [1.54, 1.807) is 0 Å². The number of likely N-dealkylation sites (tertiary alicyclic amines) is 1. The van der Waals surface area contributed by atoms with Gasteiger partial charge in [-0.3, -0.25) is 9.69 Å². The first kappa shape index (κ1) is 20.9. The summed E-state index contributed by atoms with van der Waals surface area (Å²) in [6.07, 6.45) is 1.88. The molecular formula is C25H33N3O2. The highest BCUT2D eigenvalue weighted by atomic mass is 16.5. The zero-order valence-electron chi connectivity index (χ0n) is 18.0. The number of carbonyl (C=O) groups excluding carboxylic acids is 1. The van der Waals surface area contributed by atoms with Crippen LogP contribution < -0.4 is 10.2 Å². The van der Waals surface area contributed by atoms with Crippen molar-refractivity contribution in [3.63, 3.8) is 0 Å². The molecular weight excluding hydrogens is 374 g/mol. The van der Waals surface area contributed by atoms with Crippen LogP contribution in [0.5, 0.6) is 0 Å². The van der Waals surface area contributed by atoms with Crippen LogP contribution in [-0.2, 0) is 22.6 Å². The summed E-state index contributed by atoms with van der Waals surface area (Å²) >= 11 is 0. The number of piperidine rings is 1. The van der Waals surface area contributed by atoms with Gasteiger partial charge in [0.05, 0.1) is 13.2 Å². The zero-order valence-corrected chi connectivity index (χ0v) is 18.0. The lowest BCUT2D eigenvalue weighted by Crippen LogP contribution is -2.40. The minimum Gasteiger partial charge on any atom is -0.378 e. The van der Waals surface area contributed by atoms with Gasteiger partial charge in [0.15, 0.2) is 0 Å². The van der Waals surface area contributed by atoms with Crippen molar-refractivity contribution in [3.05, 3.63) is 65.2 Å². The second kappa shape index (κ2) is 10.1. The molecule has 2 aliphatic rings. The standard InChI is InChI=1S/C25H33N3O2/c1-20-2-4-22(5-3-20)19-27-12-10-23(11-13-27)25(29)26-18-21-6-8-24(9-7-21)28-14-16-30-17-15-28/h2-9,23H,10-19H2,1H3,(H,26,29). The molecule has 0 spiro atoms. The molecule has 4 rings (SSSR count). The van der Waals surface area contributed by atoms with Crippen molar-refractivity contribution in [1.82, 2.24) is 10.2 Å². The number of anilines is 1. The molecule has 0 aliphatic carbocycles. The molecule has 1 N–H and O–H groups in total. The molecule has 1 amide bonds. The average Bonchev–Trinajstić information content (AvgIpc) is 2.80. The number of amides is 1. The number of ether oxygens (including phenoxy) is 1. The van der Waals surface area contributed by atoms with E-state index < -0.39 is 0 Å². The molecule has 0 unspecified atom stereocenters. The Bertz CT molecular complexity index is 805. The number of nitrogens with one attached hydrogen (secondary N) is 1. The van der Waals surface area contributed by atoms with E-state index in [2.05, 4.69) is 70.6 Å². The number of aryl methyl sites for hydroxylation is 1. The van der Waals surface area contributed by atoms with Crippen molar-refractivity contribution in [3.8, 4) is 0 Å². The number of morpholine rings is 1. The third-order valence-corrected chi connectivity index (χ3v) is 6.26. The lowest BCUT2D eigenvalue weighted by molar-refractivity contribution is -0.126. The quantitative estimate of drug-likeness (QED) is 0.798. The van der Waals surface area contributed by atoms with E-state index in [0.717, 1.165) is 64.3 Å². The molecule has 30 heavy (non-hydrogen) atoms. The van der Waals surface area contributed by atoms with Crippen LogP contribution in [0.1, 0.15) is 29.5 Å². The maximum atomic E-state index is 12.6. The fourth-order valence-electron chi connectivity index (χ4n) is 4.28. The van der Waals surface area contributed by atoms with Crippen LogP contribution in [0.25, 0.3) is 0 Å². The van der Waals surface area contributed by atoms with E-state index in [9.17, 15) is 4.79 Å². The summed E-state index contributed by atoms with van der Waals surface area (Å²) in [5, 5.41) is 3.15. The molecule has 0 radical (unpaired) electrons. The molecule has 0 aromatic heterocycles. The summed E-state index contributed by atoms with van der Waals surface area (Å²) in [7, 11) is 0. The Hall–Kier alpha value is -2.37. The Morgan fingerprint density at radius 2 is 1.57 bits per heavy atom. The molecule has 2 fully saturated rings. The van der Waals surface area contributed by atoms with E-state index in [4.69, 9.17) is 4.74 Å². The number of hydrogen-bond acceptors (Lipinski definition) is 4. The average molecular weight is 408 g/mol. The third-order valence-electron chi connectivity index (χ3n) is 6.26. The molecule has 2 aliphatic heterocycles. The molecule has 0 saturated carbocycles. The van der Waals surface area contributed by atoms with E-state index in [0.29, 0.717) is 6.54 Å². The van der Waals surface area contributed by atoms with Gasteiger partial charge in [-0.25, -0.2) is 0 Å². The summed E-state index contributed by atoms with van der Waals surface area (Å²) in [6, 6.07) is 17.3. The van der Waals surface area contributed by atoms with E-state index >= 15 is 0 Å². The first-order valence-corrected chi connectivity index (χ1v) is 11.1. The van der Waals surface area contributed by atoms with Crippen molar-refractivity contribution in [2.45, 2.75) is 32.9 Å². The molecule has 2 heterocycles. The van der Waals surface area contributed by atoms with Gasteiger partial charge in [-0.2, -0.15) is 0 Å². The smallest absolute Gasteiger partial charge is 0.223 e. The second-order valence-electron chi connectivity index (χ2n) is 8.52. The first-order valence-electron chi connectivity index (χ1n) is 11.1. The topological polar surface area (TPSA) is 44.8 Å². The zero-order chi connectivity index (χ0) is 20.8. The Labute approximate surface area is 180 Å². The van der Waals surface area contributed by atoms with Crippen LogP contribution >= 0.6 is 0 Å². The van der Waals surface area contributed by atoms with Crippen molar-refractivity contribution in [2.75, 3.05) is 44.3 Å². The predicted octanol–water partition coefficient (Wildman–Crippen LogP) is 3.36. The van der Waals surface area contributed by atoms with Crippen LogP contribution in [0, 0.1) is 12.8 Å². The lowest BCUT2D eigenvalue weighted by Gasteiger charge is -2.31.